The van der Waals surface area contributed by atoms with E-state index in [-0.39, 0.29) is 29.4 Å². The summed E-state index contributed by atoms with van der Waals surface area (Å²) < 4.78 is 37.0. The number of nitrogens with zero attached hydrogens (tertiary/aromatic N) is 2. The lowest BCUT2D eigenvalue weighted by atomic mass is 10.2. The second-order valence-corrected chi connectivity index (χ2v) is 5.22. The van der Waals surface area contributed by atoms with Crippen LogP contribution in [0.2, 0.25) is 5.02 Å². The first-order valence-corrected chi connectivity index (χ1v) is 6.61. The highest BCUT2D eigenvalue weighted by Gasteiger charge is 2.39. The van der Waals surface area contributed by atoms with E-state index in [2.05, 4.69) is 5.32 Å². The van der Waals surface area contributed by atoms with Crippen molar-refractivity contribution >= 4 is 28.9 Å². The van der Waals surface area contributed by atoms with E-state index in [1.54, 1.807) is 0 Å². The van der Waals surface area contributed by atoms with Crippen molar-refractivity contribution in [2.45, 2.75) is 18.6 Å². The molecule has 1 N–H and O–H groups in total. The molecular formula is C12H11ClF3N3O3. The summed E-state index contributed by atoms with van der Waals surface area (Å²) in [5.41, 5.74) is -0.295. The normalized spacial score (nSPS) is 18.6. The van der Waals surface area contributed by atoms with Crippen LogP contribution in [0.25, 0.3) is 0 Å². The van der Waals surface area contributed by atoms with Crippen LogP contribution in [0.1, 0.15) is 6.42 Å². The zero-order chi connectivity index (χ0) is 16.5. The number of carbonyl (C=O) groups excluding carboxylic acids is 1. The molecule has 10 heteroatoms. The molecule has 1 amide bonds. The highest BCUT2D eigenvalue weighted by atomic mass is 35.5. The lowest BCUT2D eigenvalue weighted by Crippen LogP contribution is -2.39. The van der Waals surface area contributed by atoms with E-state index in [1.807, 2.05) is 0 Å². The first-order valence-electron chi connectivity index (χ1n) is 6.23. The monoisotopic (exact) mass is 337 g/mol. The zero-order valence-corrected chi connectivity index (χ0v) is 11.8. The van der Waals surface area contributed by atoms with Gasteiger partial charge in [-0.3, -0.25) is 14.9 Å². The standard InChI is InChI=1S/C12H11ClF3N3O3/c13-7-1-2-8(10(5-7)19(21)22)17-9-3-4-18(11(9)20)6-12(14,15)16/h1-2,5,9,17H,3-4,6H2. The maximum Gasteiger partial charge on any atom is 0.406 e. The Balaban J connectivity index is 2.13. The predicted molar refractivity (Wildman–Crippen MR) is 72.8 cm³/mol. The molecule has 1 aromatic rings. The average Bonchev–Trinajstić information content (AvgIpc) is 2.71. The molecule has 2 rings (SSSR count). The van der Waals surface area contributed by atoms with Crippen molar-refractivity contribution in [3.05, 3.63) is 33.3 Å². The van der Waals surface area contributed by atoms with Gasteiger partial charge in [0.25, 0.3) is 5.69 Å². The maximum atomic E-state index is 12.3. The number of benzene rings is 1. The van der Waals surface area contributed by atoms with Gasteiger partial charge in [-0.1, -0.05) is 11.6 Å². The third-order valence-electron chi connectivity index (χ3n) is 3.15. The summed E-state index contributed by atoms with van der Waals surface area (Å²) in [4.78, 5) is 22.8. The van der Waals surface area contributed by atoms with Crippen LogP contribution >= 0.6 is 11.6 Å². The fourth-order valence-electron chi connectivity index (χ4n) is 2.21. The quantitative estimate of drug-likeness (QED) is 0.677. The number of anilines is 1. The van der Waals surface area contributed by atoms with Gasteiger partial charge in [-0.2, -0.15) is 13.2 Å². The third kappa shape index (κ3) is 3.79. The average molecular weight is 338 g/mol. The van der Waals surface area contributed by atoms with Crippen molar-refractivity contribution < 1.29 is 22.9 Å². The number of rotatable bonds is 4. The molecular weight excluding hydrogens is 327 g/mol. The van der Waals surface area contributed by atoms with Gasteiger partial charge in [0, 0.05) is 17.6 Å². The number of hydrogen-bond donors (Lipinski definition) is 1. The Kier molecular flexibility index (Phi) is 4.45. The number of carbonyl (C=O) groups is 1. The van der Waals surface area contributed by atoms with Crippen LogP contribution in [0.15, 0.2) is 18.2 Å². The number of likely N-dealkylation sites (tertiary alicyclic amines) is 1. The molecule has 0 bridgehead atoms. The van der Waals surface area contributed by atoms with E-state index in [0.29, 0.717) is 4.90 Å². The van der Waals surface area contributed by atoms with Crippen LogP contribution < -0.4 is 5.32 Å². The Labute approximate surface area is 128 Å². The summed E-state index contributed by atoms with van der Waals surface area (Å²) in [6.07, 6.45) is -4.34. The van der Waals surface area contributed by atoms with Gasteiger partial charge in [0.15, 0.2) is 0 Å². The predicted octanol–water partition coefficient (Wildman–Crippen LogP) is 2.82. The second kappa shape index (κ2) is 5.99. The minimum absolute atomic E-state index is 0.0432. The first kappa shape index (κ1) is 16.3. The summed E-state index contributed by atoms with van der Waals surface area (Å²) >= 11 is 5.67. The minimum atomic E-state index is -4.48. The van der Waals surface area contributed by atoms with Gasteiger partial charge in [0.2, 0.25) is 5.91 Å². The molecule has 1 unspecified atom stereocenters. The van der Waals surface area contributed by atoms with Gasteiger partial charge in [0.1, 0.15) is 18.3 Å². The lowest BCUT2D eigenvalue weighted by Gasteiger charge is -2.19. The Morgan fingerprint density at radius 1 is 1.45 bits per heavy atom. The molecule has 0 radical (unpaired) electrons. The summed E-state index contributed by atoms with van der Waals surface area (Å²) in [6, 6.07) is 2.89. The molecule has 1 fully saturated rings. The van der Waals surface area contributed by atoms with Crippen LogP contribution in [0, 0.1) is 10.1 Å². The largest absolute Gasteiger partial charge is 0.406 e. The van der Waals surface area contributed by atoms with Crippen LogP contribution in [-0.4, -0.2) is 41.0 Å². The van der Waals surface area contributed by atoms with Gasteiger partial charge < -0.3 is 10.2 Å². The second-order valence-electron chi connectivity index (χ2n) is 4.78. The number of nitro groups is 1. The number of hydrogen-bond acceptors (Lipinski definition) is 4. The Morgan fingerprint density at radius 2 is 2.14 bits per heavy atom. The SMILES string of the molecule is O=C1C(Nc2ccc(Cl)cc2[N+](=O)[O-])CCN1CC(F)(F)F. The van der Waals surface area contributed by atoms with E-state index in [0.717, 1.165) is 6.07 Å². The Morgan fingerprint density at radius 3 is 2.73 bits per heavy atom. The Hall–Kier alpha value is -2.03. The number of alkyl halides is 3. The van der Waals surface area contributed by atoms with E-state index in [1.165, 1.54) is 12.1 Å². The maximum absolute atomic E-state index is 12.3. The van der Waals surface area contributed by atoms with Crippen molar-refractivity contribution in [1.82, 2.24) is 4.90 Å². The highest BCUT2D eigenvalue weighted by molar-refractivity contribution is 6.30. The van der Waals surface area contributed by atoms with Crippen LogP contribution in [0.5, 0.6) is 0 Å². The number of nitro benzene ring substituents is 1. The molecule has 1 aromatic carbocycles. The van der Waals surface area contributed by atoms with E-state index in [4.69, 9.17) is 11.6 Å². The fourth-order valence-corrected chi connectivity index (χ4v) is 2.38. The van der Waals surface area contributed by atoms with Gasteiger partial charge in [-0.15, -0.1) is 0 Å². The summed E-state index contributed by atoms with van der Waals surface area (Å²) in [5.74, 6) is -0.735. The molecule has 22 heavy (non-hydrogen) atoms. The molecule has 0 aromatic heterocycles. The molecule has 1 aliphatic rings. The van der Waals surface area contributed by atoms with Gasteiger partial charge in [-0.05, 0) is 18.6 Å². The van der Waals surface area contributed by atoms with Crippen LogP contribution in [0.4, 0.5) is 24.5 Å². The van der Waals surface area contributed by atoms with Crippen molar-refractivity contribution in [2.75, 3.05) is 18.4 Å². The summed E-state index contributed by atoms with van der Waals surface area (Å²) in [6.45, 7) is -1.38. The minimum Gasteiger partial charge on any atom is -0.368 e. The van der Waals surface area contributed by atoms with E-state index < -0.39 is 29.6 Å². The highest BCUT2D eigenvalue weighted by Crippen LogP contribution is 2.30. The molecule has 0 saturated carbocycles. The number of amides is 1. The molecule has 1 atom stereocenters. The first-order chi connectivity index (χ1) is 10.2. The molecule has 1 heterocycles. The van der Waals surface area contributed by atoms with Crippen LogP contribution in [-0.2, 0) is 4.79 Å². The molecule has 0 spiro atoms. The third-order valence-corrected chi connectivity index (χ3v) is 3.39. The zero-order valence-electron chi connectivity index (χ0n) is 11.1. The van der Waals surface area contributed by atoms with E-state index in [9.17, 15) is 28.1 Å². The van der Waals surface area contributed by atoms with E-state index >= 15 is 0 Å². The van der Waals surface area contributed by atoms with Crippen LogP contribution in [0.3, 0.4) is 0 Å². The summed E-state index contributed by atoms with van der Waals surface area (Å²) in [7, 11) is 0. The van der Waals surface area contributed by atoms with Crippen molar-refractivity contribution in [1.29, 1.82) is 0 Å². The number of halogens is 4. The van der Waals surface area contributed by atoms with Crippen molar-refractivity contribution in [3.63, 3.8) is 0 Å². The molecule has 0 aliphatic carbocycles. The van der Waals surface area contributed by atoms with Crippen molar-refractivity contribution in [3.8, 4) is 0 Å². The number of nitrogens with one attached hydrogen (secondary N) is 1. The molecule has 1 saturated heterocycles. The van der Waals surface area contributed by atoms with Gasteiger partial charge in [0.05, 0.1) is 4.92 Å². The van der Waals surface area contributed by atoms with Crippen molar-refractivity contribution in [2.24, 2.45) is 0 Å². The fraction of sp³-hybridized carbons (Fsp3) is 0.417. The summed E-state index contributed by atoms with van der Waals surface area (Å²) in [5, 5.41) is 13.7. The van der Waals surface area contributed by atoms with Gasteiger partial charge >= 0.3 is 6.18 Å². The molecule has 1 aliphatic heterocycles. The topological polar surface area (TPSA) is 75.5 Å². The smallest absolute Gasteiger partial charge is 0.368 e. The lowest BCUT2D eigenvalue weighted by molar-refractivity contribution is -0.384. The molecule has 120 valence electrons. The Bertz CT molecular complexity index is 609. The van der Waals surface area contributed by atoms with Gasteiger partial charge in [-0.25, -0.2) is 0 Å². The molecule has 6 nitrogen and oxygen atoms in total.